The quantitative estimate of drug-likeness (QED) is 0.776. The minimum Gasteiger partial charge on any atom is -0.456 e. The van der Waals surface area contributed by atoms with E-state index in [0.717, 1.165) is 25.0 Å². The standard InChI is InChI=1S/C21H23F3N2O4/c22-21(23,24)14-1-2-17(26-8-5-15(27)12-26)16(11-14)25-20(28)19-4-3-18(30-19)13-6-9-29-10-7-13/h1-4,11,13,15,27H,5-10,12H2,(H,25,28). The Kier molecular flexibility index (Phi) is 5.75. The molecule has 1 aromatic heterocycles. The van der Waals surface area contributed by atoms with E-state index in [-0.39, 0.29) is 17.4 Å². The molecule has 0 bridgehead atoms. The number of hydrogen-bond donors (Lipinski definition) is 2. The van der Waals surface area contributed by atoms with E-state index in [2.05, 4.69) is 5.32 Å². The third-order valence-electron chi connectivity index (χ3n) is 5.55. The number of anilines is 2. The molecule has 0 aliphatic carbocycles. The van der Waals surface area contributed by atoms with Crippen molar-refractivity contribution in [2.45, 2.75) is 37.5 Å². The fraction of sp³-hybridized carbons (Fsp3) is 0.476. The van der Waals surface area contributed by atoms with Crippen molar-refractivity contribution in [3.05, 3.63) is 47.4 Å². The minimum absolute atomic E-state index is 0.0351. The number of amides is 1. The van der Waals surface area contributed by atoms with E-state index in [1.807, 2.05) is 0 Å². The first-order valence-electron chi connectivity index (χ1n) is 9.94. The van der Waals surface area contributed by atoms with Crippen LogP contribution < -0.4 is 10.2 Å². The van der Waals surface area contributed by atoms with Crippen molar-refractivity contribution in [3.8, 4) is 0 Å². The maximum atomic E-state index is 13.2. The molecule has 0 saturated carbocycles. The van der Waals surface area contributed by atoms with E-state index < -0.39 is 23.8 Å². The smallest absolute Gasteiger partial charge is 0.416 e. The van der Waals surface area contributed by atoms with E-state index >= 15 is 0 Å². The lowest BCUT2D eigenvalue weighted by Gasteiger charge is -2.23. The van der Waals surface area contributed by atoms with Crippen molar-refractivity contribution in [1.29, 1.82) is 0 Å². The van der Waals surface area contributed by atoms with Crippen LogP contribution in [0.15, 0.2) is 34.7 Å². The molecule has 2 saturated heterocycles. The fourth-order valence-corrected chi connectivity index (χ4v) is 3.91. The molecular formula is C21H23F3N2O4. The lowest BCUT2D eigenvalue weighted by molar-refractivity contribution is -0.137. The number of β-amino-alcohol motifs (C(OH)–C–C–N with tert-alkyl or cyclic N) is 1. The molecule has 1 atom stereocenters. The molecule has 2 aliphatic heterocycles. The molecule has 2 fully saturated rings. The number of halogens is 3. The van der Waals surface area contributed by atoms with E-state index in [1.54, 1.807) is 11.0 Å². The average molecular weight is 424 g/mol. The third-order valence-corrected chi connectivity index (χ3v) is 5.55. The van der Waals surface area contributed by atoms with E-state index in [4.69, 9.17) is 9.15 Å². The number of furan rings is 1. The zero-order chi connectivity index (χ0) is 21.3. The van der Waals surface area contributed by atoms with Crippen LogP contribution in [0.25, 0.3) is 0 Å². The van der Waals surface area contributed by atoms with E-state index in [1.165, 1.54) is 12.1 Å². The number of hydrogen-bond acceptors (Lipinski definition) is 5. The number of ether oxygens (including phenoxy) is 1. The molecule has 1 amide bonds. The second kappa shape index (κ2) is 8.31. The van der Waals surface area contributed by atoms with Gasteiger partial charge in [-0.05, 0) is 49.6 Å². The number of carbonyl (C=O) groups is 1. The number of nitrogens with one attached hydrogen (secondary N) is 1. The molecule has 30 heavy (non-hydrogen) atoms. The van der Waals surface area contributed by atoms with Gasteiger partial charge in [0.25, 0.3) is 5.91 Å². The van der Waals surface area contributed by atoms with Crippen molar-refractivity contribution in [2.24, 2.45) is 0 Å². The van der Waals surface area contributed by atoms with Gasteiger partial charge in [0.15, 0.2) is 5.76 Å². The van der Waals surface area contributed by atoms with Gasteiger partial charge in [-0.3, -0.25) is 4.79 Å². The highest BCUT2D eigenvalue weighted by Gasteiger charge is 2.33. The Bertz CT molecular complexity index is 906. The highest BCUT2D eigenvalue weighted by Crippen LogP contribution is 2.37. The predicted octanol–water partition coefficient (Wildman–Crippen LogP) is 4.02. The normalized spacial score (nSPS) is 20.5. The molecule has 2 aliphatic rings. The summed E-state index contributed by atoms with van der Waals surface area (Å²) in [4.78, 5) is 14.5. The summed E-state index contributed by atoms with van der Waals surface area (Å²) in [6.45, 7) is 2.04. The summed E-state index contributed by atoms with van der Waals surface area (Å²) in [5.74, 6) is 0.265. The topological polar surface area (TPSA) is 74.9 Å². The zero-order valence-corrected chi connectivity index (χ0v) is 16.2. The van der Waals surface area contributed by atoms with Gasteiger partial charge >= 0.3 is 6.18 Å². The van der Waals surface area contributed by atoms with Gasteiger partial charge in [0.05, 0.1) is 23.0 Å². The maximum absolute atomic E-state index is 13.2. The van der Waals surface area contributed by atoms with Crippen molar-refractivity contribution in [2.75, 3.05) is 36.5 Å². The van der Waals surface area contributed by atoms with E-state index in [0.29, 0.717) is 44.2 Å². The highest BCUT2D eigenvalue weighted by atomic mass is 19.4. The number of nitrogens with zero attached hydrogens (tertiary/aromatic N) is 1. The van der Waals surface area contributed by atoms with Crippen LogP contribution in [0.5, 0.6) is 0 Å². The SMILES string of the molecule is O=C(Nc1cc(C(F)(F)F)ccc1N1CCC(O)C1)c1ccc(C2CCOCC2)o1. The fourth-order valence-electron chi connectivity index (χ4n) is 3.91. The van der Waals surface area contributed by atoms with Crippen LogP contribution in [0.3, 0.4) is 0 Å². The Morgan fingerprint density at radius 3 is 2.57 bits per heavy atom. The van der Waals surface area contributed by atoms with Gasteiger partial charge in [-0.25, -0.2) is 0 Å². The summed E-state index contributed by atoms with van der Waals surface area (Å²) >= 11 is 0. The van der Waals surface area contributed by atoms with Gasteiger partial charge in [0.2, 0.25) is 0 Å². The number of benzene rings is 1. The Morgan fingerprint density at radius 1 is 1.13 bits per heavy atom. The molecule has 9 heteroatoms. The zero-order valence-electron chi connectivity index (χ0n) is 16.2. The second-order valence-corrected chi connectivity index (χ2v) is 7.66. The first-order valence-corrected chi connectivity index (χ1v) is 9.94. The molecule has 2 N–H and O–H groups in total. The third kappa shape index (κ3) is 4.46. The van der Waals surface area contributed by atoms with Gasteiger partial charge in [-0.1, -0.05) is 0 Å². The molecule has 4 rings (SSSR count). The lowest BCUT2D eigenvalue weighted by atomic mass is 9.98. The van der Waals surface area contributed by atoms with E-state index in [9.17, 15) is 23.1 Å². The van der Waals surface area contributed by atoms with Crippen LogP contribution in [0, 0.1) is 0 Å². The van der Waals surface area contributed by atoms with Crippen LogP contribution >= 0.6 is 0 Å². The van der Waals surface area contributed by atoms with Crippen molar-refractivity contribution in [1.82, 2.24) is 0 Å². The molecule has 6 nitrogen and oxygen atoms in total. The predicted molar refractivity (Wildman–Crippen MR) is 104 cm³/mol. The largest absolute Gasteiger partial charge is 0.456 e. The number of carbonyl (C=O) groups excluding carboxylic acids is 1. The van der Waals surface area contributed by atoms with Crippen LogP contribution in [0.2, 0.25) is 0 Å². The first-order chi connectivity index (χ1) is 14.3. The summed E-state index contributed by atoms with van der Waals surface area (Å²) in [5, 5.41) is 12.4. The Labute approximate surface area is 171 Å². The monoisotopic (exact) mass is 424 g/mol. The van der Waals surface area contributed by atoms with Crippen LogP contribution in [0.1, 0.15) is 47.1 Å². The molecule has 0 radical (unpaired) electrons. The second-order valence-electron chi connectivity index (χ2n) is 7.66. The molecule has 1 aromatic carbocycles. The summed E-state index contributed by atoms with van der Waals surface area (Å²) in [6.07, 6.45) is -2.99. The van der Waals surface area contributed by atoms with Crippen LogP contribution in [0.4, 0.5) is 24.5 Å². The first kappa shape index (κ1) is 20.7. The molecule has 1 unspecified atom stereocenters. The molecular weight excluding hydrogens is 401 g/mol. The number of aliphatic hydroxyl groups excluding tert-OH is 1. The van der Waals surface area contributed by atoms with Gasteiger partial charge in [0, 0.05) is 32.2 Å². The molecule has 2 aromatic rings. The highest BCUT2D eigenvalue weighted by molar-refractivity contribution is 6.04. The Morgan fingerprint density at radius 2 is 1.90 bits per heavy atom. The number of rotatable bonds is 4. The summed E-state index contributed by atoms with van der Waals surface area (Å²) in [5.41, 5.74) is -0.388. The summed E-state index contributed by atoms with van der Waals surface area (Å²) in [7, 11) is 0. The molecule has 3 heterocycles. The summed E-state index contributed by atoms with van der Waals surface area (Å²) < 4.78 is 50.7. The number of alkyl halides is 3. The van der Waals surface area contributed by atoms with Gasteiger partial charge < -0.3 is 24.5 Å². The van der Waals surface area contributed by atoms with Crippen LogP contribution in [-0.2, 0) is 10.9 Å². The van der Waals surface area contributed by atoms with Gasteiger partial charge in [-0.2, -0.15) is 13.2 Å². The molecule has 0 spiro atoms. The van der Waals surface area contributed by atoms with Gasteiger partial charge in [0.1, 0.15) is 5.76 Å². The minimum atomic E-state index is -4.54. The summed E-state index contributed by atoms with van der Waals surface area (Å²) in [6, 6.07) is 6.49. The van der Waals surface area contributed by atoms with Crippen molar-refractivity contribution >= 4 is 17.3 Å². The lowest BCUT2D eigenvalue weighted by Crippen LogP contribution is -2.24. The molecule has 162 valence electrons. The van der Waals surface area contributed by atoms with Gasteiger partial charge in [-0.15, -0.1) is 0 Å². The van der Waals surface area contributed by atoms with Crippen LogP contribution in [-0.4, -0.2) is 43.4 Å². The maximum Gasteiger partial charge on any atom is 0.416 e. The van der Waals surface area contributed by atoms with Crippen molar-refractivity contribution in [3.63, 3.8) is 0 Å². The Hall–Kier alpha value is -2.52. The van der Waals surface area contributed by atoms with Crippen molar-refractivity contribution < 1.29 is 32.2 Å². The number of aliphatic hydroxyl groups is 1. The average Bonchev–Trinajstić information content (AvgIpc) is 3.37. The Balaban J connectivity index is 1.57.